The Morgan fingerprint density at radius 2 is 1.86 bits per heavy atom. The van der Waals surface area contributed by atoms with Crippen molar-refractivity contribution in [2.45, 2.75) is 64.8 Å². The highest BCUT2D eigenvalue weighted by atomic mass is 15.0. The second-order valence-corrected chi connectivity index (χ2v) is 6.57. The first-order valence-electron chi connectivity index (χ1n) is 6.24. The smallest absolute Gasteiger partial charge is 0.0154 e. The molecule has 1 nitrogen and oxygen atoms in total. The van der Waals surface area contributed by atoms with E-state index in [9.17, 15) is 0 Å². The van der Waals surface area contributed by atoms with Crippen LogP contribution in [0, 0.1) is 11.3 Å². The molecular formula is C13H25N. The molecule has 0 aromatic heterocycles. The van der Waals surface area contributed by atoms with Gasteiger partial charge in [0.05, 0.1) is 0 Å². The first-order chi connectivity index (χ1) is 6.49. The van der Waals surface area contributed by atoms with Crippen LogP contribution < -0.4 is 5.32 Å². The zero-order valence-corrected chi connectivity index (χ0v) is 10.0. The Kier molecular flexibility index (Phi) is 2.63. The van der Waals surface area contributed by atoms with Gasteiger partial charge in [-0.1, -0.05) is 20.3 Å². The molecule has 2 rings (SSSR count). The van der Waals surface area contributed by atoms with E-state index in [2.05, 4.69) is 26.1 Å². The van der Waals surface area contributed by atoms with Crippen LogP contribution in [0.2, 0.25) is 0 Å². The average molecular weight is 195 g/mol. The van der Waals surface area contributed by atoms with Gasteiger partial charge in [0.15, 0.2) is 0 Å². The van der Waals surface area contributed by atoms with E-state index in [1.54, 1.807) is 0 Å². The molecule has 0 bridgehead atoms. The van der Waals surface area contributed by atoms with Gasteiger partial charge in [0.1, 0.15) is 0 Å². The van der Waals surface area contributed by atoms with Crippen molar-refractivity contribution in [2.75, 3.05) is 6.54 Å². The molecular weight excluding hydrogens is 170 g/mol. The summed E-state index contributed by atoms with van der Waals surface area (Å²) in [5.41, 5.74) is 1.14. The molecule has 0 radical (unpaired) electrons. The van der Waals surface area contributed by atoms with Crippen molar-refractivity contribution >= 4 is 0 Å². The first-order valence-corrected chi connectivity index (χ1v) is 6.24. The van der Waals surface area contributed by atoms with E-state index >= 15 is 0 Å². The van der Waals surface area contributed by atoms with Gasteiger partial charge in [-0.15, -0.1) is 0 Å². The largest absolute Gasteiger partial charge is 0.311 e. The van der Waals surface area contributed by atoms with Gasteiger partial charge in [-0.2, -0.15) is 0 Å². The van der Waals surface area contributed by atoms with E-state index in [0.717, 1.165) is 5.92 Å². The lowest BCUT2D eigenvalue weighted by Gasteiger charge is -2.35. The second kappa shape index (κ2) is 3.52. The number of rotatable bonds is 3. The Bertz CT molecular complexity index is 203. The van der Waals surface area contributed by atoms with E-state index in [-0.39, 0.29) is 0 Å². The SMILES string of the molecule is CC1(C)CCCC(CNC2(C)CC2)C1. The fraction of sp³-hybridized carbons (Fsp3) is 1.00. The summed E-state index contributed by atoms with van der Waals surface area (Å²) < 4.78 is 0. The van der Waals surface area contributed by atoms with Gasteiger partial charge in [-0.05, 0) is 56.9 Å². The van der Waals surface area contributed by atoms with Gasteiger partial charge in [0.2, 0.25) is 0 Å². The fourth-order valence-corrected chi connectivity index (χ4v) is 2.78. The molecule has 0 amide bonds. The van der Waals surface area contributed by atoms with Gasteiger partial charge in [-0.25, -0.2) is 0 Å². The van der Waals surface area contributed by atoms with Crippen LogP contribution in [0.3, 0.4) is 0 Å². The number of hydrogen-bond donors (Lipinski definition) is 1. The zero-order valence-electron chi connectivity index (χ0n) is 10.0. The summed E-state index contributed by atoms with van der Waals surface area (Å²) in [6.07, 6.45) is 8.53. The summed E-state index contributed by atoms with van der Waals surface area (Å²) in [5, 5.41) is 3.74. The monoisotopic (exact) mass is 195 g/mol. The summed E-state index contributed by atoms with van der Waals surface area (Å²) in [4.78, 5) is 0. The lowest BCUT2D eigenvalue weighted by atomic mass is 9.72. The third kappa shape index (κ3) is 2.73. The van der Waals surface area contributed by atoms with E-state index < -0.39 is 0 Å². The van der Waals surface area contributed by atoms with Crippen LogP contribution in [0.5, 0.6) is 0 Å². The lowest BCUT2D eigenvalue weighted by Crippen LogP contribution is -2.36. The average Bonchev–Trinajstić information content (AvgIpc) is 2.80. The molecule has 82 valence electrons. The molecule has 1 heteroatoms. The molecule has 0 heterocycles. The highest BCUT2D eigenvalue weighted by Crippen LogP contribution is 2.39. The molecule has 0 aromatic carbocycles. The summed E-state index contributed by atoms with van der Waals surface area (Å²) in [6, 6.07) is 0. The molecule has 2 aliphatic carbocycles. The van der Waals surface area contributed by atoms with Crippen molar-refractivity contribution < 1.29 is 0 Å². The van der Waals surface area contributed by atoms with Crippen LogP contribution in [-0.2, 0) is 0 Å². The van der Waals surface area contributed by atoms with Crippen molar-refractivity contribution in [2.24, 2.45) is 11.3 Å². The second-order valence-electron chi connectivity index (χ2n) is 6.57. The number of hydrogen-bond acceptors (Lipinski definition) is 1. The van der Waals surface area contributed by atoms with E-state index in [1.165, 1.54) is 45.1 Å². The van der Waals surface area contributed by atoms with Crippen LogP contribution in [0.25, 0.3) is 0 Å². The zero-order chi connectivity index (χ0) is 10.2. The standard InChI is InChI=1S/C13H25N/c1-12(2)6-4-5-11(9-12)10-14-13(3)7-8-13/h11,14H,4-10H2,1-3H3. The molecule has 0 saturated heterocycles. The summed E-state index contributed by atoms with van der Waals surface area (Å²) >= 11 is 0. The molecule has 2 saturated carbocycles. The number of nitrogens with one attached hydrogen (secondary N) is 1. The van der Waals surface area contributed by atoms with E-state index in [0.29, 0.717) is 11.0 Å². The normalized spacial score (nSPS) is 34.1. The minimum absolute atomic E-state index is 0.529. The van der Waals surface area contributed by atoms with Crippen LogP contribution in [0.4, 0.5) is 0 Å². The van der Waals surface area contributed by atoms with Crippen molar-refractivity contribution in [3.63, 3.8) is 0 Å². The third-order valence-electron chi connectivity index (χ3n) is 4.12. The maximum Gasteiger partial charge on any atom is 0.0154 e. The molecule has 1 unspecified atom stereocenters. The van der Waals surface area contributed by atoms with Gasteiger partial charge < -0.3 is 5.32 Å². The predicted molar refractivity (Wildman–Crippen MR) is 61.4 cm³/mol. The maximum atomic E-state index is 3.74. The lowest BCUT2D eigenvalue weighted by molar-refractivity contribution is 0.174. The summed E-state index contributed by atoms with van der Waals surface area (Å²) in [5.74, 6) is 0.941. The minimum Gasteiger partial charge on any atom is -0.311 e. The fourth-order valence-electron chi connectivity index (χ4n) is 2.78. The van der Waals surface area contributed by atoms with E-state index in [4.69, 9.17) is 0 Å². The molecule has 0 aliphatic heterocycles. The van der Waals surface area contributed by atoms with Crippen molar-refractivity contribution in [3.05, 3.63) is 0 Å². The Morgan fingerprint density at radius 1 is 1.14 bits per heavy atom. The Morgan fingerprint density at radius 3 is 2.43 bits per heavy atom. The highest BCUT2D eigenvalue weighted by Gasteiger charge is 2.37. The van der Waals surface area contributed by atoms with Gasteiger partial charge in [0.25, 0.3) is 0 Å². The molecule has 0 aromatic rings. The van der Waals surface area contributed by atoms with Gasteiger partial charge >= 0.3 is 0 Å². The quantitative estimate of drug-likeness (QED) is 0.728. The van der Waals surface area contributed by atoms with Gasteiger partial charge in [-0.3, -0.25) is 0 Å². The Labute approximate surface area is 88.7 Å². The third-order valence-corrected chi connectivity index (χ3v) is 4.12. The Hall–Kier alpha value is -0.0400. The summed E-state index contributed by atoms with van der Waals surface area (Å²) in [6.45, 7) is 8.48. The van der Waals surface area contributed by atoms with Crippen LogP contribution >= 0.6 is 0 Å². The molecule has 1 N–H and O–H groups in total. The van der Waals surface area contributed by atoms with Crippen LogP contribution in [0.1, 0.15) is 59.3 Å². The first kappa shape index (κ1) is 10.5. The molecule has 2 fully saturated rings. The Balaban J connectivity index is 1.75. The molecule has 0 spiro atoms. The van der Waals surface area contributed by atoms with Crippen LogP contribution in [-0.4, -0.2) is 12.1 Å². The van der Waals surface area contributed by atoms with Crippen molar-refractivity contribution in [1.82, 2.24) is 5.32 Å². The molecule has 2 aliphatic rings. The highest BCUT2D eigenvalue weighted by molar-refractivity contribution is 4.98. The maximum absolute atomic E-state index is 3.74. The molecule has 1 atom stereocenters. The van der Waals surface area contributed by atoms with E-state index in [1.807, 2.05) is 0 Å². The van der Waals surface area contributed by atoms with Crippen molar-refractivity contribution in [3.8, 4) is 0 Å². The minimum atomic E-state index is 0.529. The van der Waals surface area contributed by atoms with Gasteiger partial charge in [0, 0.05) is 5.54 Å². The topological polar surface area (TPSA) is 12.0 Å². The predicted octanol–water partition coefficient (Wildman–Crippen LogP) is 3.34. The summed E-state index contributed by atoms with van der Waals surface area (Å²) in [7, 11) is 0. The van der Waals surface area contributed by atoms with Crippen LogP contribution in [0.15, 0.2) is 0 Å². The van der Waals surface area contributed by atoms with Crippen molar-refractivity contribution in [1.29, 1.82) is 0 Å². The molecule has 14 heavy (non-hydrogen) atoms.